The van der Waals surface area contributed by atoms with E-state index in [1.165, 1.54) is 11.8 Å². The Bertz CT molecular complexity index is 764. The number of ether oxygens (including phenoxy) is 2. The first-order valence-corrected chi connectivity index (χ1v) is 7.92. The van der Waals surface area contributed by atoms with Crippen LogP contribution in [0.15, 0.2) is 42.6 Å². The van der Waals surface area contributed by atoms with Crippen LogP contribution >= 0.6 is 0 Å². The minimum absolute atomic E-state index is 0.0174. The lowest BCUT2D eigenvalue weighted by Crippen LogP contribution is -2.39. The minimum atomic E-state index is -0.233. The van der Waals surface area contributed by atoms with E-state index >= 15 is 0 Å². The number of carbonyl (C=O) groups excluding carboxylic acids is 2. The molecule has 7 nitrogen and oxygen atoms in total. The van der Waals surface area contributed by atoms with E-state index in [1.807, 2.05) is 30.3 Å². The third-order valence-electron chi connectivity index (χ3n) is 3.79. The van der Waals surface area contributed by atoms with Gasteiger partial charge in [-0.25, -0.2) is 0 Å². The fraction of sp³-hybridized carbons (Fsp3) is 0.278. The molecule has 130 valence electrons. The molecule has 1 aliphatic rings. The van der Waals surface area contributed by atoms with Gasteiger partial charge in [0.15, 0.2) is 11.5 Å². The van der Waals surface area contributed by atoms with Crippen molar-refractivity contribution in [3.05, 3.63) is 53.9 Å². The van der Waals surface area contributed by atoms with Crippen LogP contribution in [0.25, 0.3) is 0 Å². The Labute approximate surface area is 145 Å². The lowest BCUT2D eigenvalue weighted by molar-refractivity contribution is -0.135. The van der Waals surface area contributed by atoms with Gasteiger partial charge >= 0.3 is 0 Å². The summed E-state index contributed by atoms with van der Waals surface area (Å²) >= 11 is 0. The second-order valence-corrected chi connectivity index (χ2v) is 5.66. The van der Waals surface area contributed by atoms with Crippen LogP contribution in [0.4, 0.5) is 0 Å². The van der Waals surface area contributed by atoms with E-state index in [4.69, 9.17) is 9.47 Å². The highest BCUT2D eigenvalue weighted by Crippen LogP contribution is 2.32. The van der Waals surface area contributed by atoms with Gasteiger partial charge in [-0.1, -0.05) is 12.1 Å². The predicted molar refractivity (Wildman–Crippen MR) is 89.7 cm³/mol. The molecule has 25 heavy (non-hydrogen) atoms. The Morgan fingerprint density at radius 1 is 1.20 bits per heavy atom. The summed E-state index contributed by atoms with van der Waals surface area (Å²) in [6.07, 6.45) is 1.66. The van der Waals surface area contributed by atoms with Gasteiger partial charge in [-0.2, -0.15) is 0 Å². The summed E-state index contributed by atoms with van der Waals surface area (Å²) in [6.45, 7) is 2.29. The molecule has 0 radical (unpaired) electrons. The SMILES string of the molecule is CC(=O)N(CC(=O)NCc1ccc2c(c1)OCO2)Cc1ccccn1. The van der Waals surface area contributed by atoms with Crippen LogP contribution in [0.5, 0.6) is 11.5 Å². The highest BCUT2D eigenvalue weighted by Gasteiger charge is 2.16. The topological polar surface area (TPSA) is 80.8 Å². The van der Waals surface area contributed by atoms with Crippen LogP contribution in [0, 0.1) is 0 Å². The Hall–Kier alpha value is -3.09. The Balaban J connectivity index is 1.54. The molecule has 0 saturated heterocycles. The van der Waals surface area contributed by atoms with Crippen molar-refractivity contribution in [1.82, 2.24) is 15.2 Å². The van der Waals surface area contributed by atoms with Crippen molar-refractivity contribution in [3.8, 4) is 11.5 Å². The first-order valence-electron chi connectivity index (χ1n) is 7.92. The van der Waals surface area contributed by atoms with Crippen LogP contribution in [0.3, 0.4) is 0 Å². The van der Waals surface area contributed by atoms with Crippen molar-refractivity contribution >= 4 is 11.8 Å². The van der Waals surface area contributed by atoms with Gasteiger partial charge in [0.2, 0.25) is 18.6 Å². The van der Waals surface area contributed by atoms with Gasteiger partial charge in [-0.15, -0.1) is 0 Å². The van der Waals surface area contributed by atoms with Gasteiger partial charge in [-0.3, -0.25) is 14.6 Å². The van der Waals surface area contributed by atoms with Crippen LogP contribution in [-0.2, 0) is 22.7 Å². The van der Waals surface area contributed by atoms with Gasteiger partial charge < -0.3 is 19.7 Å². The van der Waals surface area contributed by atoms with Crippen molar-refractivity contribution in [1.29, 1.82) is 0 Å². The molecule has 0 saturated carbocycles. The molecule has 1 aromatic carbocycles. The highest BCUT2D eigenvalue weighted by molar-refractivity contribution is 5.83. The molecule has 1 N–H and O–H groups in total. The van der Waals surface area contributed by atoms with Gasteiger partial charge in [0, 0.05) is 19.7 Å². The molecule has 0 unspecified atom stereocenters. The average molecular weight is 341 g/mol. The summed E-state index contributed by atoms with van der Waals surface area (Å²) in [7, 11) is 0. The molecule has 3 rings (SSSR count). The van der Waals surface area contributed by atoms with E-state index in [0.717, 1.165) is 11.3 Å². The standard InChI is InChI=1S/C18H19N3O4/c1-13(22)21(10-15-4-2-3-7-19-15)11-18(23)20-9-14-5-6-16-17(8-14)25-12-24-16/h2-8H,9-12H2,1H3,(H,20,23). The number of pyridine rings is 1. The fourth-order valence-electron chi connectivity index (χ4n) is 2.45. The van der Waals surface area contributed by atoms with Gasteiger partial charge in [0.05, 0.1) is 18.8 Å². The molecular weight excluding hydrogens is 322 g/mol. The number of fused-ring (bicyclic) bond motifs is 1. The number of carbonyl (C=O) groups is 2. The first-order chi connectivity index (χ1) is 12.1. The second kappa shape index (κ2) is 7.65. The monoisotopic (exact) mass is 341 g/mol. The second-order valence-electron chi connectivity index (χ2n) is 5.66. The summed E-state index contributed by atoms with van der Waals surface area (Å²) in [5.41, 5.74) is 1.64. The smallest absolute Gasteiger partial charge is 0.239 e. The van der Waals surface area contributed by atoms with E-state index in [-0.39, 0.29) is 25.2 Å². The zero-order valence-corrected chi connectivity index (χ0v) is 13.9. The van der Waals surface area contributed by atoms with Crippen molar-refractivity contribution in [3.63, 3.8) is 0 Å². The minimum Gasteiger partial charge on any atom is -0.454 e. The lowest BCUT2D eigenvalue weighted by atomic mass is 10.2. The zero-order valence-electron chi connectivity index (χ0n) is 13.9. The molecule has 2 aromatic rings. The molecule has 7 heteroatoms. The van der Waals surface area contributed by atoms with Gasteiger partial charge in [0.25, 0.3) is 0 Å². The van der Waals surface area contributed by atoms with E-state index in [2.05, 4.69) is 10.3 Å². The number of hydrogen-bond acceptors (Lipinski definition) is 5. The van der Waals surface area contributed by atoms with E-state index in [0.29, 0.717) is 24.6 Å². The molecule has 1 aromatic heterocycles. The number of rotatable bonds is 6. The molecule has 0 fully saturated rings. The number of hydrogen-bond donors (Lipinski definition) is 1. The molecule has 0 spiro atoms. The Kier molecular flexibility index (Phi) is 5.13. The summed E-state index contributed by atoms with van der Waals surface area (Å²) < 4.78 is 10.6. The highest BCUT2D eigenvalue weighted by atomic mass is 16.7. The molecule has 1 aliphatic heterocycles. The summed E-state index contributed by atoms with van der Waals surface area (Å²) in [4.78, 5) is 29.6. The van der Waals surface area contributed by atoms with Crippen molar-refractivity contribution in [2.75, 3.05) is 13.3 Å². The van der Waals surface area contributed by atoms with E-state index < -0.39 is 0 Å². The maximum absolute atomic E-state index is 12.2. The van der Waals surface area contributed by atoms with Gasteiger partial charge in [0.1, 0.15) is 0 Å². The van der Waals surface area contributed by atoms with Crippen molar-refractivity contribution < 1.29 is 19.1 Å². The maximum Gasteiger partial charge on any atom is 0.239 e. The van der Waals surface area contributed by atoms with Crippen LogP contribution < -0.4 is 14.8 Å². The largest absolute Gasteiger partial charge is 0.454 e. The third kappa shape index (κ3) is 4.47. The number of nitrogens with one attached hydrogen (secondary N) is 1. The number of amides is 2. The Morgan fingerprint density at radius 2 is 2.04 bits per heavy atom. The number of aromatic nitrogens is 1. The molecular formula is C18H19N3O4. The Morgan fingerprint density at radius 3 is 2.80 bits per heavy atom. The van der Waals surface area contributed by atoms with Crippen LogP contribution in [-0.4, -0.2) is 35.0 Å². The molecule has 2 amide bonds. The molecule has 2 heterocycles. The zero-order chi connectivity index (χ0) is 17.6. The molecule has 0 atom stereocenters. The first kappa shape index (κ1) is 16.8. The van der Waals surface area contributed by atoms with Crippen LogP contribution in [0.1, 0.15) is 18.2 Å². The van der Waals surface area contributed by atoms with E-state index in [1.54, 1.807) is 12.3 Å². The molecule has 0 aliphatic carbocycles. The van der Waals surface area contributed by atoms with Crippen LogP contribution in [0.2, 0.25) is 0 Å². The predicted octanol–water partition coefficient (Wildman–Crippen LogP) is 1.48. The lowest BCUT2D eigenvalue weighted by Gasteiger charge is -2.20. The summed E-state index contributed by atoms with van der Waals surface area (Å²) in [5.74, 6) is 0.966. The third-order valence-corrected chi connectivity index (χ3v) is 3.79. The summed E-state index contributed by atoms with van der Waals surface area (Å²) in [5, 5.41) is 2.81. The number of benzene rings is 1. The van der Waals surface area contributed by atoms with Crippen molar-refractivity contribution in [2.45, 2.75) is 20.0 Å². The summed E-state index contributed by atoms with van der Waals surface area (Å²) in [6, 6.07) is 11.0. The van der Waals surface area contributed by atoms with E-state index in [9.17, 15) is 9.59 Å². The fourth-order valence-corrected chi connectivity index (χ4v) is 2.45. The normalized spacial score (nSPS) is 11.9. The van der Waals surface area contributed by atoms with Crippen molar-refractivity contribution in [2.24, 2.45) is 0 Å². The number of nitrogens with zero attached hydrogens (tertiary/aromatic N) is 2. The molecule has 0 bridgehead atoms. The average Bonchev–Trinajstić information content (AvgIpc) is 3.08. The quantitative estimate of drug-likeness (QED) is 0.861. The maximum atomic E-state index is 12.2. The van der Waals surface area contributed by atoms with Gasteiger partial charge in [-0.05, 0) is 29.8 Å².